The number of ether oxygens (including phenoxy) is 1. The van der Waals surface area contributed by atoms with Crippen LogP contribution in [0.5, 0.6) is 5.75 Å². The first-order valence-corrected chi connectivity index (χ1v) is 16.5. The Labute approximate surface area is 255 Å². The van der Waals surface area contributed by atoms with Crippen molar-refractivity contribution in [1.29, 1.82) is 0 Å². The molecule has 0 bridgehead atoms. The Morgan fingerprint density at radius 2 is 1.79 bits per heavy atom. The summed E-state index contributed by atoms with van der Waals surface area (Å²) in [5, 5.41) is 6.32. The third-order valence-electron chi connectivity index (χ3n) is 7.36. The second kappa shape index (κ2) is 13.1. The average Bonchev–Trinajstić information content (AvgIpc) is 3.47. The smallest absolute Gasteiger partial charge is 0.257 e. The molecule has 3 aromatic carbocycles. The van der Waals surface area contributed by atoms with E-state index < -0.39 is 21.7 Å². The number of amides is 2. The molecule has 224 valence electrons. The quantitative estimate of drug-likeness (QED) is 0.224. The monoisotopic (exact) mass is 618 g/mol. The van der Waals surface area contributed by atoms with Gasteiger partial charge < -0.3 is 20.3 Å². The van der Waals surface area contributed by atoms with E-state index in [0.717, 1.165) is 47.3 Å². The van der Waals surface area contributed by atoms with Crippen molar-refractivity contribution in [2.75, 3.05) is 25.0 Å². The van der Waals surface area contributed by atoms with Crippen molar-refractivity contribution >= 4 is 38.7 Å². The van der Waals surface area contributed by atoms with Crippen molar-refractivity contribution < 1.29 is 22.7 Å². The summed E-state index contributed by atoms with van der Waals surface area (Å²) in [7, 11) is -3.94. The maximum atomic E-state index is 13.2. The van der Waals surface area contributed by atoms with E-state index in [1.807, 2.05) is 24.3 Å². The molecule has 43 heavy (non-hydrogen) atoms. The molecule has 1 aromatic heterocycles. The van der Waals surface area contributed by atoms with Gasteiger partial charge in [0.25, 0.3) is 11.8 Å². The number of nitrogens with one attached hydrogen (secondary N) is 2. The van der Waals surface area contributed by atoms with Crippen LogP contribution in [-0.4, -0.2) is 55.9 Å². The van der Waals surface area contributed by atoms with Gasteiger partial charge in [0.2, 0.25) is 9.84 Å². The Morgan fingerprint density at radius 3 is 2.53 bits per heavy atom. The molecule has 0 aliphatic carbocycles. The van der Waals surface area contributed by atoms with Crippen LogP contribution in [0.15, 0.2) is 82.7 Å². The van der Waals surface area contributed by atoms with E-state index in [1.165, 1.54) is 41.7 Å². The van der Waals surface area contributed by atoms with Gasteiger partial charge >= 0.3 is 0 Å². The summed E-state index contributed by atoms with van der Waals surface area (Å²) >= 11 is 1.47. The van der Waals surface area contributed by atoms with Crippen LogP contribution in [0.25, 0.3) is 10.6 Å². The number of thiazole rings is 1. The van der Waals surface area contributed by atoms with Crippen molar-refractivity contribution in [2.24, 2.45) is 0 Å². The molecule has 0 radical (unpaired) electrons. The fourth-order valence-electron chi connectivity index (χ4n) is 4.86. The molecular weight excluding hydrogens is 585 g/mol. The van der Waals surface area contributed by atoms with Gasteiger partial charge in [0.05, 0.1) is 33.7 Å². The van der Waals surface area contributed by atoms with Gasteiger partial charge in [-0.15, -0.1) is 11.3 Å². The lowest BCUT2D eigenvalue weighted by Crippen LogP contribution is -2.27. The Balaban J connectivity index is 1.20. The molecule has 1 aliphatic heterocycles. The highest BCUT2D eigenvalue weighted by Crippen LogP contribution is 2.34. The predicted molar refractivity (Wildman–Crippen MR) is 168 cm³/mol. The zero-order chi connectivity index (χ0) is 30.6. The number of anilines is 1. The standard InChI is InChI=1S/C32H34N4O5S2/c1-4-36(5-2)17-16-21(3)41-24-13-10-22(11-14-24)32-34-20-25(42-32)19-33-30(37)23-12-15-29-27(18-23)35-31(38)26-8-6-7-9-28(26)43(29,39)40/h6-15,18,20-21H,4-5,16-17,19H2,1-3H3,(H,33,37)(H,35,38). The van der Waals surface area contributed by atoms with Crippen LogP contribution in [0.4, 0.5) is 5.69 Å². The van der Waals surface area contributed by atoms with Gasteiger partial charge in [0.1, 0.15) is 10.8 Å². The Morgan fingerprint density at radius 1 is 1.05 bits per heavy atom. The van der Waals surface area contributed by atoms with Gasteiger partial charge in [-0.3, -0.25) is 9.59 Å². The second-order valence-corrected chi connectivity index (χ2v) is 13.2. The van der Waals surface area contributed by atoms with Crippen LogP contribution in [-0.2, 0) is 16.4 Å². The highest BCUT2D eigenvalue weighted by molar-refractivity contribution is 7.91. The third kappa shape index (κ3) is 6.79. The molecule has 9 nitrogen and oxygen atoms in total. The minimum Gasteiger partial charge on any atom is -0.491 e. The number of sulfone groups is 1. The normalized spacial score (nSPS) is 14.3. The maximum Gasteiger partial charge on any atom is 0.257 e. The van der Waals surface area contributed by atoms with Crippen molar-refractivity contribution in [1.82, 2.24) is 15.2 Å². The number of hydrogen-bond donors (Lipinski definition) is 2. The predicted octanol–water partition coefficient (Wildman–Crippen LogP) is 5.64. The fraction of sp³-hybridized carbons (Fsp3) is 0.281. The van der Waals surface area contributed by atoms with E-state index in [-0.39, 0.29) is 39.3 Å². The number of benzene rings is 3. The molecule has 0 fully saturated rings. The zero-order valence-electron chi connectivity index (χ0n) is 24.3. The number of carbonyl (C=O) groups is 2. The summed E-state index contributed by atoms with van der Waals surface area (Å²) < 4.78 is 32.5. The second-order valence-electron chi connectivity index (χ2n) is 10.2. The SMILES string of the molecule is CCN(CC)CCC(C)Oc1ccc(-c2ncc(CNC(=O)c3ccc4c(c3)NC(=O)c3ccccc3S4(=O)=O)s2)cc1. The van der Waals surface area contributed by atoms with Crippen LogP contribution in [0.2, 0.25) is 0 Å². The fourth-order valence-corrected chi connectivity index (χ4v) is 7.31. The van der Waals surface area contributed by atoms with E-state index in [2.05, 4.69) is 41.3 Å². The zero-order valence-corrected chi connectivity index (χ0v) is 25.9. The van der Waals surface area contributed by atoms with Crippen molar-refractivity contribution in [3.8, 4) is 16.3 Å². The topological polar surface area (TPSA) is 118 Å². The number of hydrogen-bond acceptors (Lipinski definition) is 8. The molecule has 2 heterocycles. The molecular formula is C32H34N4O5S2. The third-order valence-corrected chi connectivity index (χ3v) is 10.3. The summed E-state index contributed by atoms with van der Waals surface area (Å²) in [5.41, 5.74) is 1.31. The van der Waals surface area contributed by atoms with E-state index >= 15 is 0 Å². The molecule has 0 saturated heterocycles. The minimum atomic E-state index is -3.94. The Kier molecular flexibility index (Phi) is 9.24. The highest BCUT2D eigenvalue weighted by Gasteiger charge is 2.31. The molecule has 1 aliphatic rings. The molecule has 1 atom stereocenters. The maximum absolute atomic E-state index is 13.2. The highest BCUT2D eigenvalue weighted by atomic mass is 32.2. The first-order chi connectivity index (χ1) is 20.7. The minimum absolute atomic E-state index is 0.0556. The number of rotatable bonds is 11. The van der Waals surface area contributed by atoms with Crippen molar-refractivity contribution in [3.05, 3.63) is 88.9 Å². The molecule has 11 heteroatoms. The molecule has 2 amide bonds. The van der Waals surface area contributed by atoms with E-state index in [4.69, 9.17) is 4.74 Å². The van der Waals surface area contributed by atoms with Gasteiger partial charge in [-0.1, -0.05) is 26.0 Å². The van der Waals surface area contributed by atoms with E-state index in [0.29, 0.717) is 0 Å². The van der Waals surface area contributed by atoms with E-state index in [1.54, 1.807) is 18.3 Å². The lowest BCUT2D eigenvalue weighted by molar-refractivity contribution is 0.0949. The van der Waals surface area contributed by atoms with Gasteiger partial charge in [-0.25, -0.2) is 13.4 Å². The number of fused-ring (bicyclic) bond motifs is 2. The van der Waals surface area contributed by atoms with Crippen molar-refractivity contribution in [3.63, 3.8) is 0 Å². The first-order valence-electron chi connectivity index (χ1n) is 14.2. The van der Waals surface area contributed by atoms with Crippen LogP contribution in [0.1, 0.15) is 52.8 Å². The van der Waals surface area contributed by atoms with Crippen molar-refractivity contribution in [2.45, 2.75) is 49.6 Å². The number of aromatic nitrogens is 1. The molecule has 4 aromatic rings. The van der Waals surface area contributed by atoms with Gasteiger partial charge in [0.15, 0.2) is 0 Å². The number of carbonyl (C=O) groups excluding carboxylic acids is 2. The lowest BCUT2D eigenvalue weighted by Gasteiger charge is -2.21. The van der Waals surface area contributed by atoms with Crippen LogP contribution in [0, 0.1) is 0 Å². The summed E-state index contributed by atoms with van der Waals surface area (Å²) in [5.74, 6) is -0.131. The molecule has 0 saturated carbocycles. The van der Waals surface area contributed by atoms with Gasteiger partial charge in [-0.2, -0.15) is 0 Å². The molecule has 2 N–H and O–H groups in total. The van der Waals surface area contributed by atoms with Crippen LogP contribution in [0.3, 0.4) is 0 Å². The van der Waals surface area contributed by atoms with Gasteiger partial charge in [0, 0.05) is 28.7 Å². The molecule has 1 unspecified atom stereocenters. The summed E-state index contributed by atoms with van der Waals surface area (Å²) in [4.78, 5) is 33.3. The largest absolute Gasteiger partial charge is 0.491 e. The van der Waals surface area contributed by atoms with Gasteiger partial charge in [-0.05, 0) is 81.0 Å². The summed E-state index contributed by atoms with van der Waals surface area (Å²) in [6.07, 6.45) is 2.79. The number of nitrogens with zero attached hydrogens (tertiary/aromatic N) is 2. The van der Waals surface area contributed by atoms with E-state index in [9.17, 15) is 18.0 Å². The molecule has 5 rings (SSSR count). The molecule has 0 spiro atoms. The van der Waals surface area contributed by atoms with Crippen LogP contribution < -0.4 is 15.4 Å². The van der Waals surface area contributed by atoms with Crippen LogP contribution >= 0.6 is 11.3 Å². The lowest BCUT2D eigenvalue weighted by atomic mass is 10.1. The average molecular weight is 619 g/mol. The summed E-state index contributed by atoms with van der Waals surface area (Å²) in [6, 6.07) is 18.1. The Bertz CT molecular complexity index is 1730. The first kappa shape index (κ1) is 30.4. The summed E-state index contributed by atoms with van der Waals surface area (Å²) in [6.45, 7) is 9.74. The Hall–Kier alpha value is -4.06.